The van der Waals surface area contributed by atoms with Crippen LogP contribution in [0.1, 0.15) is 24.6 Å². The molecule has 2 aliphatic heterocycles. The number of likely N-dealkylation sites (N-methyl/N-ethyl adjacent to an activating group) is 2. The van der Waals surface area contributed by atoms with E-state index in [0.717, 1.165) is 26.2 Å². The Bertz CT molecular complexity index is 410. The number of rotatable bonds is 3. The molecule has 0 spiro atoms. The van der Waals surface area contributed by atoms with Crippen LogP contribution < -0.4 is 5.32 Å². The Morgan fingerprint density at radius 3 is 3.05 bits per heavy atom. The Balaban J connectivity index is 1.70. The topological polar surface area (TPSA) is 36.3 Å². The molecule has 0 amide bonds. The Kier molecular flexibility index (Phi) is 3.86. The molecule has 106 valence electrons. The second-order valence-corrected chi connectivity index (χ2v) is 6.02. The highest BCUT2D eigenvalue weighted by atomic mass is 15.3. The number of piperazine rings is 1. The van der Waals surface area contributed by atoms with Crippen LogP contribution in [-0.2, 0) is 6.54 Å². The number of nitrogens with zero attached hydrogens (tertiary/aromatic N) is 4. The molecule has 1 N–H and O–H groups in total. The molecule has 0 bridgehead atoms. The van der Waals surface area contributed by atoms with E-state index in [4.69, 9.17) is 0 Å². The predicted octanol–water partition coefficient (Wildman–Crippen LogP) is 0.553. The van der Waals surface area contributed by atoms with Crippen LogP contribution in [0.5, 0.6) is 0 Å². The van der Waals surface area contributed by atoms with Gasteiger partial charge in [0.05, 0.1) is 12.0 Å². The first-order chi connectivity index (χ1) is 9.24. The largest absolute Gasteiger partial charge is 0.332 e. The van der Waals surface area contributed by atoms with Crippen LogP contribution in [0.2, 0.25) is 0 Å². The highest BCUT2D eigenvalue weighted by Crippen LogP contribution is 2.23. The molecule has 5 nitrogen and oxygen atoms in total. The summed E-state index contributed by atoms with van der Waals surface area (Å²) in [6.07, 6.45) is 6.56. The lowest BCUT2D eigenvalue weighted by Gasteiger charge is -2.38. The fourth-order valence-electron chi connectivity index (χ4n) is 3.24. The molecule has 0 radical (unpaired) electrons. The first kappa shape index (κ1) is 13.1. The second-order valence-electron chi connectivity index (χ2n) is 6.02. The van der Waals surface area contributed by atoms with Crippen molar-refractivity contribution in [1.29, 1.82) is 0 Å². The fraction of sp³-hybridized carbons (Fsp3) is 0.786. The van der Waals surface area contributed by atoms with Gasteiger partial charge in [0.1, 0.15) is 0 Å². The van der Waals surface area contributed by atoms with Crippen molar-refractivity contribution in [3.63, 3.8) is 0 Å². The molecular formula is C14H25N5. The van der Waals surface area contributed by atoms with Crippen molar-refractivity contribution >= 4 is 0 Å². The normalized spacial score (nSPS) is 30.0. The van der Waals surface area contributed by atoms with E-state index in [2.05, 4.69) is 38.8 Å². The van der Waals surface area contributed by atoms with Crippen LogP contribution in [0.25, 0.3) is 0 Å². The lowest BCUT2D eigenvalue weighted by molar-refractivity contribution is 0.102. The van der Waals surface area contributed by atoms with Crippen LogP contribution >= 0.6 is 0 Å². The molecule has 1 aromatic rings. The van der Waals surface area contributed by atoms with Crippen LogP contribution in [-0.4, -0.2) is 65.7 Å². The van der Waals surface area contributed by atoms with Crippen LogP contribution in [0.4, 0.5) is 0 Å². The van der Waals surface area contributed by atoms with Gasteiger partial charge in [-0.05, 0) is 33.5 Å². The van der Waals surface area contributed by atoms with E-state index < -0.39 is 0 Å². The minimum Gasteiger partial charge on any atom is -0.332 e. The highest BCUT2D eigenvalue weighted by Gasteiger charge is 2.25. The molecule has 2 atom stereocenters. The SMILES string of the molecule is CN1CCN(C)C(Cn2cncc2C2CCCN2)C1. The van der Waals surface area contributed by atoms with Crippen molar-refractivity contribution < 1.29 is 0 Å². The fourth-order valence-corrected chi connectivity index (χ4v) is 3.24. The molecule has 5 heteroatoms. The maximum absolute atomic E-state index is 4.37. The summed E-state index contributed by atoms with van der Waals surface area (Å²) in [7, 11) is 4.45. The third-order valence-electron chi connectivity index (χ3n) is 4.55. The van der Waals surface area contributed by atoms with E-state index in [1.807, 2.05) is 12.5 Å². The Hall–Kier alpha value is -0.910. The monoisotopic (exact) mass is 263 g/mol. The summed E-state index contributed by atoms with van der Waals surface area (Å²) >= 11 is 0. The van der Waals surface area contributed by atoms with Crippen molar-refractivity contribution in [3.8, 4) is 0 Å². The highest BCUT2D eigenvalue weighted by molar-refractivity contribution is 5.07. The van der Waals surface area contributed by atoms with Crippen molar-refractivity contribution in [2.24, 2.45) is 0 Å². The third kappa shape index (κ3) is 2.83. The van der Waals surface area contributed by atoms with E-state index in [9.17, 15) is 0 Å². The molecule has 1 aromatic heterocycles. The van der Waals surface area contributed by atoms with Crippen molar-refractivity contribution in [2.45, 2.75) is 31.5 Å². The Labute approximate surface area is 115 Å². The smallest absolute Gasteiger partial charge is 0.0949 e. The standard InChI is InChI=1S/C14H25N5/c1-17-6-7-18(2)12(9-17)10-19-11-15-8-14(19)13-4-3-5-16-13/h8,11-13,16H,3-7,9-10H2,1-2H3. The number of hydrogen-bond donors (Lipinski definition) is 1. The minimum atomic E-state index is 0.508. The van der Waals surface area contributed by atoms with Gasteiger partial charge < -0.3 is 14.8 Å². The Morgan fingerprint density at radius 2 is 2.26 bits per heavy atom. The third-order valence-corrected chi connectivity index (χ3v) is 4.55. The zero-order valence-corrected chi connectivity index (χ0v) is 12.0. The van der Waals surface area contributed by atoms with Crippen molar-refractivity contribution in [3.05, 3.63) is 18.2 Å². The zero-order chi connectivity index (χ0) is 13.2. The molecule has 0 aromatic carbocycles. The first-order valence-electron chi connectivity index (χ1n) is 7.36. The average molecular weight is 263 g/mol. The quantitative estimate of drug-likeness (QED) is 0.864. The molecule has 2 unspecified atom stereocenters. The van der Waals surface area contributed by atoms with E-state index in [-0.39, 0.29) is 0 Å². The number of aromatic nitrogens is 2. The van der Waals surface area contributed by atoms with Gasteiger partial charge >= 0.3 is 0 Å². The van der Waals surface area contributed by atoms with Crippen molar-refractivity contribution in [1.82, 2.24) is 24.7 Å². The van der Waals surface area contributed by atoms with Gasteiger partial charge in [-0.15, -0.1) is 0 Å². The minimum absolute atomic E-state index is 0.508. The Morgan fingerprint density at radius 1 is 1.37 bits per heavy atom. The maximum atomic E-state index is 4.37. The summed E-state index contributed by atoms with van der Waals surface area (Å²) < 4.78 is 2.35. The zero-order valence-electron chi connectivity index (χ0n) is 12.0. The maximum Gasteiger partial charge on any atom is 0.0949 e. The summed E-state index contributed by atoms with van der Waals surface area (Å²) in [6.45, 7) is 5.67. The number of imidazole rings is 1. The van der Waals surface area contributed by atoms with Gasteiger partial charge in [0.15, 0.2) is 0 Å². The van der Waals surface area contributed by atoms with Crippen molar-refractivity contribution in [2.75, 3.05) is 40.3 Å². The summed E-state index contributed by atoms with van der Waals surface area (Å²) in [4.78, 5) is 9.27. The van der Waals surface area contributed by atoms with Gasteiger partial charge in [0.2, 0.25) is 0 Å². The molecule has 2 saturated heterocycles. The van der Waals surface area contributed by atoms with Gasteiger partial charge in [0.25, 0.3) is 0 Å². The van der Waals surface area contributed by atoms with Crippen LogP contribution in [0.3, 0.4) is 0 Å². The van der Waals surface area contributed by atoms with Gasteiger partial charge in [-0.25, -0.2) is 4.98 Å². The molecular weight excluding hydrogens is 238 g/mol. The number of nitrogens with one attached hydrogen (secondary N) is 1. The first-order valence-corrected chi connectivity index (χ1v) is 7.36. The molecule has 2 fully saturated rings. The molecule has 0 saturated carbocycles. The molecule has 3 heterocycles. The van der Waals surface area contributed by atoms with E-state index in [1.165, 1.54) is 25.1 Å². The van der Waals surface area contributed by atoms with E-state index >= 15 is 0 Å². The van der Waals surface area contributed by atoms with Crippen LogP contribution in [0.15, 0.2) is 12.5 Å². The van der Waals surface area contributed by atoms with E-state index in [1.54, 1.807) is 0 Å². The lowest BCUT2D eigenvalue weighted by atomic mass is 10.1. The lowest BCUT2D eigenvalue weighted by Crippen LogP contribution is -2.51. The molecule has 19 heavy (non-hydrogen) atoms. The summed E-state index contributed by atoms with van der Waals surface area (Å²) in [5.41, 5.74) is 1.36. The van der Waals surface area contributed by atoms with Gasteiger partial charge in [-0.2, -0.15) is 0 Å². The molecule has 0 aliphatic carbocycles. The van der Waals surface area contributed by atoms with Gasteiger partial charge in [-0.3, -0.25) is 4.90 Å². The summed E-state index contributed by atoms with van der Waals surface area (Å²) in [5, 5.41) is 3.57. The van der Waals surface area contributed by atoms with Crippen LogP contribution in [0, 0.1) is 0 Å². The summed E-state index contributed by atoms with van der Waals surface area (Å²) in [6, 6.07) is 1.10. The molecule has 2 aliphatic rings. The molecule has 3 rings (SSSR count). The van der Waals surface area contributed by atoms with Gasteiger partial charge in [-0.1, -0.05) is 0 Å². The summed E-state index contributed by atoms with van der Waals surface area (Å²) in [5.74, 6) is 0. The average Bonchev–Trinajstić information content (AvgIpc) is 3.03. The second kappa shape index (κ2) is 5.61. The van der Waals surface area contributed by atoms with Gasteiger partial charge in [0, 0.05) is 44.5 Å². The predicted molar refractivity (Wildman–Crippen MR) is 76.1 cm³/mol. The van der Waals surface area contributed by atoms with E-state index in [0.29, 0.717) is 12.1 Å². The number of hydrogen-bond acceptors (Lipinski definition) is 4.